The molecular formula is C13H17N3O4. The molecule has 1 aliphatic carbocycles. The van der Waals surface area contributed by atoms with Crippen molar-refractivity contribution in [2.24, 2.45) is 0 Å². The van der Waals surface area contributed by atoms with Gasteiger partial charge in [0.2, 0.25) is 0 Å². The van der Waals surface area contributed by atoms with Gasteiger partial charge in [-0.3, -0.25) is 20.2 Å². The van der Waals surface area contributed by atoms with Gasteiger partial charge < -0.3 is 4.90 Å². The smallest absolute Gasteiger partial charge is 0.302 e. The third kappa shape index (κ3) is 2.19. The summed E-state index contributed by atoms with van der Waals surface area (Å²) in [7, 11) is 1.70. The van der Waals surface area contributed by atoms with Gasteiger partial charge in [-0.15, -0.1) is 0 Å². The van der Waals surface area contributed by atoms with E-state index in [0.29, 0.717) is 11.1 Å². The molecule has 0 unspecified atom stereocenters. The number of hydrogen-bond acceptors (Lipinski definition) is 5. The highest BCUT2D eigenvalue weighted by Gasteiger charge is 2.35. The number of anilines is 1. The Kier molecular flexibility index (Phi) is 3.61. The molecule has 7 heteroatoms. The number of nitro benzene ring substituents is 2. The van der Waals surface area contributed by atoms with Crippen molar-refractivity contribution in [1.29, 1.82) is 0 Å². The number of nitro groups is 2. The number of aryl methyl sites for hydroxylation is 1. The van der Waals surface area contributed by atoms with Gasteiger partial charge in [0.1, 0.15) is 0 Å². The lowest BCUT2D eigenvalue weighted by molar-refractivity contribution is -0.393. The van der Waals surface area contributed by atoms with Gasteiger partial charge in [0, 0.05) is 24.7 Å². The van der Waals surface area contributed by atoms with Crippen LogP contribution in [0, 0.1) is 34.1 Å². The first-order valence-electron chi connectivity index (χ1n) is 6.50. The first-order chi connectivity index (χ1) is 9.34. The molecule has 0 aromatic heterocycles. The van der Waals surface area contributed by atoms with Gasteiger partial charge in [0.15, 0.2) is 5.69 Å². The van der Waals surface area contributed by atoms with Crippen molar-refractivity contribution in [3.8, 4) is 0 Å². The molecule has 1 aromatic rings. The van der Waals surface area contributed by atoms with Crippen molar-refractivity contribution in [2.75, 3.05) is 11.9 Å². The van der Waals surface area contributed by atoms with Crippen LogP contribution < -0.4 is 4.90 Å². The second-order valence-corrected chi connectivity index (χ2v) is 5.24. The molecular weight excluding hydrogens is 262 g/mol. The number of rotatable bonds is 4. The van der Waals surface area contributed by atoms with Gasteiger partial charge in [0.25, 0.3) is 5.69 Å². The summed E-state index contributed by atoms with van der Waals surface area (Å²) in [6.45, 7) is 3.29. The van der Waals surface area contributed by atoms with Gasteiger partial charge in [-0.1, -0.05) is 0 Å². The van der Waals surface area contributed by atoms with Gasteiger partial charge in [-0.25, -0.2) is 0 Å². The van der Waals surface area contributed by atoms with E-state index in [9.17, 15) is 20.2 Å². The van der Waals surface area contributed by atoms with Crippen LogP contribution in [0.1, 0.15) is 30.4 Å². The maximum absolute atomic E-state index is 11.4. The fraction of sp³-hybridized carbons (Fsp3) is 0.538. The highest BCUT2D eigenvalue weighted by atomic mass is 16.6. The summed E-state index contributed by atoms with van der Waals surface area (Å²) in [4.78, 5) is 23.3. The van der Waals surface area contributed by atoms with E-state index in [1.807, 2.05) is 0 Å². The molecule has 0 atom stereocenters. The Hall–Kier alpha value is -2.18. The van der Waals surface area contributed by atoms with E-state index in [4.69, 9.17) is 0 Å². The van der Waals surface area contributed by atoms with Crippen molar-refractivity contribution in [3.05, 3.63) is 37.4 Å². The molecule has 0 N–H and O–H groups in total. The van der Waals surface area contributed by atoms with Crippen LogP contribution in [0.15, 0.2) is 6.07 Å². The average Bonchev–Trinajstić information content (AvgIpc) is 2.28. The molecule has 0 radical (unpaired) electrons. The predicted molar refractivity (Wildman–Crippen MR) is 75.3 cm³/mol. The van der Waals surface area contributed by atoms with Crippen LogP contribution in [0.5, 0.6) is 0 Å². The summed E-state index contributed by atoms with van der Waals surface area (Å²) >= 11 is 0. The number of nitrogens with zero attached hydrogens (tertiary/aromatic N) is 3. The summed E-state index contributed by atoms with van der Waals surface area (Å²) in [5.74, 6) is 0. The van der Waals surface area contributed by atoms with E-state index in [1.165, 1.54) is 6.07 Å². The Balaban J connectivity index is 2.69. The Morgan fingerprint density at radius 1 is 1.20 bits per heavy atom. The fourth-order valence-electron chi connectivity index (χ4n) is 2.53. The molecule has 0 spiro atoms. The Morgan fingerprint density at radius 3 is 2.20 bits per heavy atom. The lowest BCUT2D eigenvalue weighted by Gasteiger charge is -2.35. The zero-order valence-corrected chi connectivity index (χ0v) is 11.8. The van der Waals surface area contributed by atoms with Crippen LogP contribution in [0.2, 0.25) is 0 Å². The third-order valence-electron chi connectivity index (χ3n) is 4.12. The quantitative estimate of drug-likeness (QED) is 0.624. The van der Waals surface area contributed by atoms with Crippen LogP contribution >= 0.6 is 0 Å². The van der Waals surface area contributed by atoms with Crippen LogP contribution in [0.4, 0.5) is 17.1 Å². The summed E-state index contributed by atoms with van der Waals surface area (Å²) in [6.07, 6.45) is 2.89. The van der Waals surface area contributed by atoms with E-state index in [2.05, 4.69) is 0 Å². The minimum Gasteiger partial charge on any atom is -0.360 e. The van der Waals surface area contributed by atoms with Gasteiger partial charge in [-0.05, 0) is 38.7 Å². The fourth-order valence-corrected chi connectivity index (χ4v) is 2.53. The monoisotopic (exact) mass is 279 g/mol. The van der Waals surface area contributed by atoms with Crippen LogP contribution in [-0.4, -0.2) is 22.9 Å². The second-order valence-electron chi connectivity index (χ2n) is 5.24. The maximum atomic E-state index is 11.4. The maximum Gasteiger partial charge on any atom is 0.302 e. The van der Waals surface area contributed by atoms with E-state index in [0.717, 1.165) is 19.3 Å². The number of hydrogen-bond donors (Lipinski definition) is 0. The molecule has 20 heavy (non-hydrogen) atoms. The van der Waals surface area contributed by atoms with Crippen molar-refractivity contribution >= 4 is 17.1 Å². The van der Waals surface area contributed by atoms with Crippen LogP contribution in [0.3, 0.4) is 0 Å². The first kappa shape index (κ1) is 14.2. The molecule has 0 aliphatic heterocycles. The SMILES string of the molecule is Cc1cc([N+](=O)[O-])c(N(C)C2CCC2)c([N+](=O)[O-])c1C. The Bertz CT molecular complexity index is 581. The van der Waals surface area contributed by atoms with Gasteiger partial charge in [0.05, 0.1) is 9.85 Å². The summed E-state index contributed by atoms with van der Waals surface area (Å²) in [5, 5.41) is 22.6. The largest absolute Gasteiger partial charge is 0.360 e. The molecule has 1 saturated carbocycles. The number of benzene rings is 1. The molecule has 0 saturated heterocycles. The molecule has 108 valence electrons. The van der Waals surface area contributed by atoms with E-state index in [1.54, 1.807) is 25.8 Å². The standard InChI is InChI=1S/C13H17N3O4/c1-8-7-11(15(17)18)13(12(9(8)2)16(19)20)14(3)10-5-4-6-10/h7,10H,4-6H2,1-3H3. The van der Waals surface area contributed by atoms with Crippen molar-refractivity contribution in [3.63, 3.8) is 0 Å². The molecule has 0 heterocycles. The molecule has 0 amide bonds. The Labute approximate surface area is 116 Å². The zero-order valence-electron chi connectivity index (χ0n) is 11.8. The Morgan fingerprint density at radius 2 is 1.80 bits per heavy atom. The van der Waals surface area contributed by atoms with E-state index < -0.39 is 9.85 Å². The first-order valence-corrected chi connectivity index (χ1v) is 6.50. The van der Waals surface area contributed by atoms with Crippen LogP contribution in [0.25, 0.3) is 0 Å². The van der Waals surface area contributed by atoms with E-state index >= 15 is 0 Å². The lowest BCUT2D eigenvalue weighted by Crippen LogP contribution is -2.38. The molecule has 7 nitrogen and oxygen atoms in total. The molecule has 1 aliphatic rings. The van der Waals surface area contributed by atoms with Gasteiger partial charge in [-0.2, -0.15) is 0 Å². The highest BCUT2D eigenvalue weighted by Crippen LogP contribution is 2.43. The molecule has 1 fully saturated rings. The summed E-state index contributed by atoms with van der Waals surface area (Å²) in [6, 6.07) is 1.57. The lowest BCUT2D eigenvalue weighted by atomic mass is 9.90. The summed E-state index contributed by atoms with van der Waals surface area (Å²) < 4.78 is 0. The van der Waals surface area contributed by atoms with Crippen molar-refractivity contribution in [1.82, 2.24) is 0 Å². The third-order valence-corrected chi connectivity index (χ3v) is 4.12. The summed E-state index contributed by atoms with van der Waals surface area (Å²) in [5.41, 5.74) is 0.851. The van der Waals surface area contributed by atoms with Crippen LogP contribution in [-0.2, 0) is 0 Å². The topological polar surface area (TPSA) is 89.5 Å². The minimum atomic E-state index is -0.538. The van der Waals surface area contributed by atoms with E-state index in [-0.39, 0.29) is 23.1 Å². The molecule has 0 bridgehead atoms. The molecule has 1 aromatic carbocycles. The second kappa shape index (κ2) is 5.07. The normalized spacial score (nSPS) is 14.8. The molecule has 2 rings (SSSR count). The van der Waals surface area contributed by atoms with Crippen molar-refractivity contribution < 1.29 is 9.85 Å². The highest BCUT2D eigenvalue weighted by molar-refractivity contribution is 5.79. The minimum absolute atomic E-state index is 0.132. The van der Waals surface area contributed by atoms with Crippen molar-refractivity contribution in [2.45, 2.75) is 39.2 Å². The average molecular weight is 279 g/mol. The van der Waals surface area contributed by atoms with Gasteiger partial charge >= 0.3 is 5.69 Å². The zero-order chi connectivity index (χ0) is 15.0. The predicted octanol–water partition coefficient (Wildman–Crippen LogP) is 3.11.